The number of aliphatic hydroxyl groups excluding tert-OH is 2. The molecule has 3 heterocycles. The Morgan fingerprint density at radius 2 is 1.96 bits per heavy atom. The molecule has 0 radical (unpaired) electrons. The summed E-state index contributed by atoms with van der Waals surface area (Å²) in [5.74, 6) is 0. The Labute approximate surface area is 165 Å². The van der Waals surface area contributed by atoms with Crippen molar-refractivity contribution in [3.05, 3.63) is 24.5 Å². The first kappa shape index (κ1) is 20.7. The third-order valence-corrected chi connectivity index (χ3v) is 5.12. The average Bonchev–Trinajstić information content (AvgIpc) is 3.30. The molecule has 8 heteroatoms. The third kappa shape index (κ3) is 4.68. The van der Waals surface area contributed by atoms with E-state index in [4.69, 9.17) is 4.74 Å². The lowest BCUT2D eigenvalue weighted by atomic mass is 10.2. The number of ether oxygens (including phenoxy) is 1. The fourth-order valence-electron chi connectivity index (χ4n) is 3.41. The van der Waals surface area contributed by atoms with Gasteiger partial charge in [0.15, 0.2) is 5.65 Å². The Morgan fingerprint density at radius 3 is 2.61 bits per heavy atom. The summed E-state index contributed by atoms with van der Waals surface area (Å²) in [7, 11) is 0. The largest absolute Gasteiger partial charge is 0.394 e. The Kier molecular flexibility index (Phi) is 7.36. The second-order valence-corrected chi connectivity index (χ2v) is 7.26. The molecule has 2 aromatic heterocycles. The molecule has 3 rings (SSSR count). The van der Waals surface area contributed by atoms with Crippen LogP contribution in [0.3, 0.4) is 0 Å². The lowest BCUT2D eigenvalue weighted by Crippen LogP contribution is -2.24. The van der Waals surface area contributed by atoms with Gasteiger partial charge in [-0.2, -0.15) is 0 Å². The molecule has 1 fully saturated rings. The van der Waals surface area contributed by atoms with Gasteiger partial charge in [-0.15, -0.1) is 0 Å². The van der Waals surface area contributed by atoms with Gasteiger partial charge in [0, 0.05) is 25.7 Å². The van der Waals surface area contributed by atoms with E-state index in [0.29, 0.717) is 17.6 Å². The number of imidazole rings is 1. The summed E-state index contributed by atoms with van der Waals surface area (Å²) in [5, 5.41) is 19.3. The molecule has 0 saturated carbocycles. The highest BCUT2D eigenvalue weighted by molar-refractivity contribution is 5.79. The van der Waals surface area contributed by atoms with Crippen molar-refractivity contribution in [3.63, 3.8) is 0 Å². The van der Waals surface area contributed by atoms with Crippen LogP contribution in [0.5, 0.6) is 0 Å². The number of hydrogen-bond acceptors (Lipinski definition) is 7. The average molecular weight is 390 g/mol. The van der Waals surface area contributed by atoms with E-state index < -0.39 is 18.4 Å². The topological polar surface area (TPSA) is 96.5 Å². The van der Waals surface area contributed by atoms with Crippen molar-refractivity contribution in [3.8, 4) is 0 Å². The van der Waals surface area contributed by atoms with E-state index in [9.17, 15) is 10.2 Å². The molecule has 154 valence electrons. The minimum atomic E-state index is -0.695. The first-order valence-electron chi connectivity index (χ1n) is 10.2. The molecule has 2 N–H and O–H groups in total. The van der Waals surface area contributed by atoms with Crippen molar-refractivity contribution >= 4 is 17.2 Å². The second-order valence-electron chi connectivity index (χ2n) is 7.26. The molecule has 0 spiro atoms. The van der Waals surface area contributed by atoms with Crippen molar-refractivity contribution in [1.29, 1.82) is 0 Å². The quantitative estimate of drug-likeness (QED) is 0.644. The summed E-state index contributed by atoms with van der Waals surface area (Å²) in [4.78, 5) is 15.6. The van der Waals surface area contributed by atoms with Crippen molar-refractivity contribution in [2.45, 2.75) is 64.4 Å². The standard InChI is InChI=1S/C20H31N5O3/c1-3-5-8-24(9-6-4-2)10-7-15-19-20(22-13-21-15)25(14-23-19)18-11-16(27)17(12-26)28-18/h7,10,13-14,16-18,26-27H,3-6,8-9,11-12H2,1-2H3/b10-7+/t16-,17+,18+/m0/s1. The van der Waals surface area contributed by atoms with Crippen LogP contribution in [-0.4, -0.2) is 66.5 Å². The fraction of sp³-hybridized carbons (Fsp3) is 0.650. The molecule has 1 aliphatic rings. The number of fused-ring (bicyclic) bond motifs is 1. The summed E-state index contributed by atoms with van der Waals surface area (Å²) < 4.78 is 7.54. The van der Waals surface area contributed by atoms with Gasteiger partial charge >= 0.3 is 0 Å². The highest BCUT2D eigenvalue weighted by Gasteiger charge is 2.35. The molecule has 0 amide bonds. The van der Waals surface area contributed by atoms with Crippen molar-refractivity contribution < 1.29 is 14.9 Å². The molecule has 28 heavy (non-hydrogen) atoms. The minimum absolute atomic E-state index is 0.210. The monoisotopic (exact) mass is 389 g/mol. The molecule has 0 aromatic carbocycles. The Bertz CT molecular complexity index is 770. The number of aliphatic hydroxyl groups is 2. The molecule has 3 atom stereocenters. The zero-order valence-electron chi connectivity index (χ0n) is 16.7. The van der Waals surface area contributed by atoms with Crippen molar-refractivity contribution in [2.75, 3.05) is 19.7 Å². The maximum absolute atomic E-state index is 10.0. The van der Waals surface area contributed by atoms with Crippen LogP contribution in [0.1, 0.15) is 57.9 Å². The number of hydrogen-bond donors (Lipinski definition) is 2. The van der Waals surface area contributed by atoms with Gasteiger partial charge in [-0.25, -0.2) is 15.0 Å². The second kappa shape index (κ2) is 9.95. The van der Waals surface area contributed by atoms with Gasteiger partial charge in [0.25, 0.3) is 0 Å². The van der Waals surface area contributed by atoms with Crippen LogP contribution in [-0.2, 0) is 4.74 Å². The first-order chi connectivity index (χ1) is 13.7. The van der Waals surface area contributed by atoms with Gasteiger partial charge in [0.1, 0.15) is 24.2 Å². The molecule has 0 aliphatic carbocycles. The van der Waals surface area contributed by atoms with Crippen molar-refractivity contribution in [2.24, 2.45) is 0 Å². The summed E-state index contributed by atoms with van der Waals surface area (Å²) >= 11 is 0. The molecule has 2 aromatic rings. The van der Waals surface area contributed by atoms with Gasteiger partial charge in [-0.05, 0) is 18.9 Å². The minimum Gasteiger partial charge on any atom is -0.394 e. The maximum Gasteiger partial charge on any atom is 0.165 e. The van der Waals surface area contributed by atoms with Gasteiger partial charge in [0.2, 0.25) is 0 Å². The van der Waals surface area contributed by atoms with Gasteiger partial charge < -0.3 is 19.8 Å². The summed E-state index contributed by atoms with van der Waals surface area (Å²) in [6.07, 6.45) is 10.7. The van der Waals surface area contributed by atoms with Crippen LogP contribution >= 0.6 is 0 Å². The first-order valence-corrected chi connectivity index (χ1v) is 10.2. The van der Waals surface area contributed by atoms with E-state index in [2.05, 4.69) is 39.9 Å². The predicted octanol–water partition coefficient (Wildman–Crippen LogP) is 2.34. The predicted molar refractivity (Wildman–Crippen MR) is 107 cm³/mol. The summed E-state index contributed by atoms with van der Waals surface area (Å²) in [6.45, 7) is 6.26. The van der Waals surface area contributed by atoms with E-state index in [1.54, 1.807) is 10.9 Å². The molecule has 8 nitrogen and oxygen atoms in total. The van der Waals surface area contributed by atoms with E-state index in [1.165, 1.54) is 19.2 Å². The van der Waals surface area contributed by atoms with E-state index in [-0.39, 0.29) is 6.61 Å². The SMILES string of the molecule is CCCCN(/C=C/c1ncnc2c1ncn2[C@H]1C[C@H](O)[C@@H](CO)O1)CCCC. The molecular formula is C20H31N5O3. The summed E-state index contributed by atoms with van der Waals surface area (Å²) in [6, 6.07) is 0. The number of nitrogens with zero attached hydrogens (tertiary/aromatic N) is 5. The van der Waals surface area contributed by atoms with Crippen LogP contribution < -0.4 is 0 Å². The maximum atomic E-state index is 10.0. The van der Waals surface area contributed by atoms with Crippen LogP contribution in [0.25, 0.3) is 17.2 Å². The lowest BCUT2D eigenvalue weighted by Gasteiger charge is -2.19. The molecular weight excluding hydrogens is 358 g/mol. The molecule has 0 unspecified atom stereocenters. The van der Waals surface area contributed by atoms with E-state index in [0.717, 1.165) is 31.6 Å². The number of rotatable bonds is 10. The van der Waals surface area contributed by atoms with Gasteiger partial charge in [0.05, 0.1) is 24.7 Å². The number of aromatic nitrogens is 4. The summed E-state index contributed by atoms with van der Waals surface area (Å²) in [5.41, 5.74) is 2.13. The zero-order chi connectivity index (χ0) is 19.9. The van der Waals surface area contributed by atoms with E-state index >= 15 is 0 Å². The number of unbranched alkanes of at least 4 members (excludes halogenated alkanes) is 2. The Balaban J connectivity index is 1.80. The smallest absolute Gasteiger partial charge is 0.165 e. The third-order valence-electron chi connectivity index (χ3n) is 5.12. The lowest BCUT2D eigenvalue weighted by molar-refractivity contribution is -0.0432. The Hall–Kier alpha value is -2.03. The van der Waals surface area contributed by atoms with Crippen LogP contribution in [0.2, 0.25) is 0 Å². The zero-order valence-corrected chi connectivity index (χ0v) is 16.7. The van der Waals surface area contributed by atoms with Gasteiger partial charge in [-0.1, -0.05) is 26.7 Å². The molecule has 1 aliphatic heterocycles. The van der Waals surface area contributed by atoms with E-state index in [1.807, 2.05) is 6.08 Å². The van der Waals surface area contributed by atoms with Crippen LogP contribution in [0.4, 0.5) is 0 Å². The highest BCUT2D eigenvalue weighted by atomic mass is 16.5. The van der Waals surface area contributed by atoms with Gasteiger partial charge in [-0.3, -0.25) is 4.57 Å². The van der Waals surface area contributed by atoms with Crippen LogP contribution in [0.15, 0.2) is 18.9 Å². The van der Waals surface area contributed by atoms with Crippen LogP contribution in [0, 0.1) is 0 Å². The molecule has 0 bridgehead atoms. The Morgan fingerprint density at radius 1 is 1.21 bits per heavy atom. The van der Waals surface area contributed by atoms with Crippen molar-refractivity contribution in [1.82, 2.24) is 24.4 Å². The normalized spacial score (nSPS) is 22.5. The highest BCUT2D eigenvalue weighted by Crippen LogP contribution is 2.31. The fourth-order valence-corrected chi connectivity index (χ4v) is 3.41. The molecule has 1 saturated heterocycles.